The van der Waals surface area contributed by atoms with E-state index in [2.05, 4.69) is 0 Å². The molecule has 0 bridgehead atoms. The lowest BCUT2D eigenvalue weighted by Gasteiger charge is -2.35. The number of piperazine rings is 1. The van der Waals surface area contributed by atoms with Gasteiger partial charge in [-0.2, -0.15) is 0 Å². The molecule has 1 saturated heterocycles. The van der Waals surface area contributed by atoms with Crippen molar-refractivity contribution in [1.29, 1.82) is 0 Å². The van der Waals surface area contributed by atoms with E-state index >= 15 is 0 Å². The summed E-state index contributed by atoms with van der Waals surface area (Å²) in [5, 5.41) is 0. The van der Waals surface area contributed by atoms with Crippen LogP contribution in [0.4, 0.5) is 0 Å². The van der Waals surface area contributed by atoms with Gasteiger partial charge in [0, 0.05) is 32.6 Å². The second kappa shape index (κ2) is 9.21. The van der Waals surface area contributed by atoms with Crippen LogP contribution >= 0.6 is 0 Å². The molecule has 0 saturated carbocycles. The van der Waals surface area contributed by atoms with Crippen LogP contribution in [-0.4, -0.2) is 54.9 Å². The number of carbonyl (C=O) groups is 2. The van der Waals surface area contributed by atoms with Crippen LogP contribution in [0.1, 0.15) is 17.5 Å². The molecule has 142 valence electrons. The summed E-state index contributed by atoms with van der Waals surface area (Å²) in [7, 11) is 1.64. The van der Waals surface area contributed by atoms with Crippen molar-refractivity contribution in [3.63, 3.8) is 0 Å². The van der Waals surface area contributed by atoms with Crippen molar-refractivity contribution in [2.24, 2.45) is 0 Å². The van der Waals surface area contributed by atoms with Gasteiger partial charge in [-0.1, -0.05) is 42.5 Å². The number of amides is 2. The van der Waals surface area contributed by atoms with Crippen molar-refractivity contribution in [3.8, 4) is 5.75 Å². The lowest BCUT2D eigenvalue weighted by Crippen LogP contribution is -2.51. The number of methoxy groups -OCH3 is 1. The van der Waals surface area contributed by atoms with Crippen molar-refractivity contribution in [2.75, 3.05) is 33.3 Å². The third-order valence-electron chi connectivity index (χ3n) is 4.97. The fourth-order valence-corrected chi connectivity index (χ4v) is 3.29. The van der Waals surface area contributed by atoms with Gasteiger partial charge in [0.05, 0.1) is 13.5 Å². The van der Waals surface area contributed by atoms with Crippen LogP contribution in [0.2, 0.25) is 0 Å². The number of ether oxygens (including phenoxy) is 1. The fourth-order valence-electron chi connectivity index (χ4n) is 3.29. The van der Waals surface area contributed by atoms with Gasteiger partial charge < -0.3 is 14.5 Å². The molecule has 0 spiro atoms. The molecule has 2 aromatic rings. The van der Waals surface area contributed by atoms with Gasteiger partial charge in [0.15, 0.2) is 0 Å². The molecule has 0 radical (unpaired) electrons. The minimum atomic E-state index is 0.131. The Kier molecular flexibility index (Phi) is 6.47. The second-order valence-electron chi connectivity index (χ2n) is 6.77. The Hall–Kier alpha value is -2.82. The maximum atomic E-state index is 12.5. The third-order valence-corrected chi connectivity index (χ3v) is 4.97. The first-order valence-electron chi connectivity index (χ1n) is 9.38. The first-order valence-corrected chi connectivity index (χ1v) is 9.38. The average molecular weight is 366 g/mol. The molecule has 0 aromatic heterocycles. The first-order chi connectivity index (χ1) is 13.2. The lowest BCUT2D eigenvalue weighted by atomic mass is 10.1. The zero-order valence-electron chi connectivity index (χ0n) is 15.8. The highest BCUT2D eigenvalue weighted by Gasteiger charge is 2.23. The van der Waals surface area contributed by atoms with E-state index in [-0.39, 0.29) is 11.8 Å². The van der Waals surface area contributed by atoms with Gasteiger partial charge in [0.2, 0.25) is 11.8 Å². The summed E-state index contributed by atoms with van der Waals surface area (Å²) in [6.07, 6.45) is 1.63. The van der Waals surface area contributed by atoms with Gasteiger partial charge in [-0.25, -0.2) is 0 Å². The van der Waals surface area contributed by atoms with E-state index in [1.165, 1.54) is 0 Å². The van der Waals surface area contributed by atoms with Crippen LogP contribution in [-0.2, 0) is 22.4 Å². The lowest BCUT2D eigenvalue weighted by molar-refractivity contribution is -0.139. The van der Waals surface area contributed by atoms with Gasteiger partial charge in [-0.05, 0) is 29.7 Å². The molecular weight excluding hydrogens is 340 g/mol. The molecule has 2 aromatic carbocycles. The monoisotopic (exact) mass is 366 g/mol. The maximum absolute atomic E-state index is 12.5. The van der Waals surface area contributed by atoms with E-state index in [0.29, 0.717) is 39.0 Å². The zero-order chi connectivity index (χ0) is 19.1. The van der Waals surface area contributed by atoms with E-state index in [1.54, 1.807) is 7.11 Å². The summed E-state index contributed by atoms with van der Waals surface area (Å²) >= 11 is 0. The molecule has 3 rings (SSSR count). The van der Waals surface area contributed by atoms with E-state index in [0.717, 1.165) is 23.3 Å². The average Bonchev–Trinajstić information content (AvgIpc) is 2.73. The minimum Gasteiger partial charge on any atom is -0.497 e. The van der Waals surface area contributed by atoms with Crippen LogP contribution < -0.4 is 4.74 Å². The largest absolute Gasteiger partial charge is 0.497 e. The van der Waals surface area contributed by atoms with Crippen molar-refractivity contribution >= 4 is 11.8 Å². The van der Waals surface area contributed by atoms with Gasteiger partial charge in [-0.3, -0.25) is 9.59 Å². The molecule has 27 heavy (non-hydrogen) atoms. The molecule has 1 fully saturated rings. The Morgan fingerprint density at radius 3 is 2.00 bits per heavy atom. The highest BCUT2D eigenvalue weighted by molar-refractivity contribution is 5.80. The number of nitrogens with zero attached hydrogens (tertiary/aromatic N) is 2. The normalized spacial score (nSPS) is 14.1. The number of carbonyl (C=O) groups excluding carboxylic acids is 2. The summed E-state index contributed by atoms with van der Waals surface area (Å²) < 4.78 is 5.15. The SMILES string of the molecule is COc1ccc(CCC(=O)N2CCN(C(=O)Cc3ccccc3)CC2)cc1. The molecule has 0 aliphatic carbocycles. The van der Waals surface area contributed by atoms with Crippen LogP contribution in [0.5, 0.6) is 5.75 Å². The van der Waals surface area contributed by atoms with E-state index in [1.807, 2.05) is 64.4 Å². The predicted octanol–water partition coefficient (Wildman–Crippen LogP) is 2.54. The zero-order valence-corrected chi connectivity index (χ0v) is 15.8. The number of benzene rings is 2. The number of rotatable bonds is 6. The van der Waals surface area contributed by atoms with Crippen molar-refractivity contribution < 1.29 is 14.3 Å². The molecule has 0 N–H and O–H groups in total. The standard InChI is InChI=1S/C22H26N2O3/c1-27-20-10-7-18(8-11-20)9-12-21(25)23-13-15-24(16-14-23)22(26)17-19-5-3-2-4-6-19/h2-8,10-11H,9,12-17H2,1H3. The van der Waals surface area contributed by atoms with Gasteiger partial charge >= 0.3 is 0 Å². The molecular formula is C22H26N2O3. The minimum absolute atomic E-state index is 0.131. The smallest absolute Gasteiger partial charge is 0.227 e. The number of aryl methyl sites for hydroxylation is 1. The third kappa shape index (κ3) is 5.33. The maximum Gasteiger partial charge on any atom is 0.227 e. The quantitative estimate of drug-likeness (QED) is 0.789. The summed E-state index contributed by atoms with van der Waals surface area (Å²) in [5.74, 6) is 1.11. The Bertz CT molecular complexity index is 751. The Labute approximate surface area is 160 Å². The first kappa shape index (κ1) is 19.0. The predicted molar refractivity (Wildman–Crippen MR) is 105 cm³/mol. The van der Waals surface area contributed by atoms with Crippen LogP contribution in [0, 0.1) is 0 Å². The Morgan fingerprint density at radius 2 is 1.41 bits per heavy atom. The van der Waals surface area contributed by atoms with Crippen molar-refractivity contribution in [1.82, 2.24) is 9.80 Å². The topological polar surface area (TPSA) is 49.9 Å². The van der Waals surface area contributed by atoms with Gasteiger partial charge in [0.25, 0.3) is 0 Å². The van der Waals surface area contributed by atoms with Crippen LogP contribution in [0.25, 0.3) is 0 Å². The second-order valence-corrected chi connectivity index (χ2v) is 6.77. The van der Waals surface area contributed by atoms with Crippen LogP contribution in [0.3, 0.4) is 0 Å². The molecule has 0 atom stereocenters. The molecule has 5 heteroatoms. The Balaban J connectivity index is 1.42. The molecule has 1 aliphatic heterocycles. The Morgan fingerprint density at radius 1 is 0.815 bits per heavy atom. The molecule has 1 heterocycles. The molecule has 0 unspecified atom stereocenters. The summed E-state index contributed by atoms with van der Waals surface area (Å²) in [5.41, 5.74) is 2.15. The molecule has 5 nitrogen and oxygen atoms in total. The van der Waals surface area contributed by atoms with Gasteiger partial charge in [0.1, 0.15) is 5.75 Å². The molecule has 1 aliphatic rings. The number of hydrogen-bond acceptors (Lipinski definition) is 3. The summed E-state index contributed by atoms with van der Waals surface area (Å²) in [6, 6.07) is 17.6. The van der Waals surface area contributed by atoms with Crippen molar-refractivity contribution in [3.05, 3.63) is 65.7 Å². The highest BCUT2D eigenvalue weighted by Crippen LogP contribution is 2.14. The summed E-state index contributed by atoms with van der Waals surface area (Å²) in [6.45, 7) is 2.45. The fraction of sp³-hybridized carbons (Fsp3) is 0.364. The van der Waals surface area contributed by atoms with E-state index in [9.17, 15) is 9.59 Å². The van der Waals surface area contributed by atoms with Gasteiger partial charge in [-0.15, -0.1) is 0 Å². The van der Waals surface area contributed by atoms with E-state index in [4.69, 9.17) is 4.74 Å². The molecule has 2 amide bonds. The number of hydrogen-bond donors (Lipinski definition) is 0. The van der Waals surface area contributed by atoms with E-state index < -0.39 is 0 Å². The van der Waals surface area contributed by atoms with Crippen LogP contribution in [0.15, 0.2) is 54.6 Å². The summed E-state index contributed by atoms with van der Waals surface area (Å²) in [4.78, 5) is 28.6. The van der Waals surface area contributed by atoms with Crippen molar-refractivity contribution in [2.45, 2.75) is 19.3 Å². The highest BCUT2D eigenvalue weighted by atomic mass is 16.5.